The minimum Gasteiger partial charge on any atom is -0.469 e. The van der Waals surface area contributed by atoms with E-state index in [1.807, 2.05) is 24.3 Å². The Kier molecular flexibility index (Phi) is 4.21. The predicted molar refractivity (Wildman–Crippen MR) is 59.5 cm³/mol. The first-order valence-electron chi connectivity index (χ1n) is 4.04. The first-order chi connectivity index (χ1) is 6.24. The predicted octanol–water partition coefficient (Wildman–Crippen LogP) is 2.40. The molecule has 13 heavy (non-hydrogen) atoms. The van der Waals surface area contributed by atoms with Crippen LogP contribution in [-0.2, 0) is 16.0 Å². The third-order valence-electron chi connectivity index (χ3n) is 1.78. The number of hydrogen-bond donors (Lipinski definition) is 0. The zero-order valence-corrected chi connectivity index (χ0v) is 9.58. The maximum absolute atomic E-state index is 10.9. The Balaban J connectivity index is 2.54. The van der Waals surface area contributed by atoms with E-state index in [4.69, 9.17) is 0 Å². The third-order valence-corrected chi connectivity index (χ3v) is 2.84. The van der Waals surface area contributed by atoms with Gasteiger partial charge in [-0.05, 0) is 40.6 Å². The Labute approximate surface area is 91.4 Å². The maximum Gasteiger partial charge on any atom is 0.305 e. The lowest BCUT2D eigenvalue weighted by atomic mass is 10.1. The van der Waals surface area contributed by atoms with E-state index in [-0.39, 0.29) is 5.97 Å². The number of halogens is 1. The van der Waals surface area contributed by atoms with Crippen molar-refractivity contribution in [1.29, 1.82) is 0 Å². The molecule has 0 bridgehead atoms. The fraction of sp³-hybridized carbons (Fsp3) is 0.300. The Hall–Kier alpha value is -0.580. The summed E-state index contributed by atoms with van der Waals surface area (Å²) in [7, 11) is 1.41. The van der Waals surface area contributed by atoms with Crippen LogP contribution in [0.25, 0.3) is 0 Å². The Bertz CT molecular complexity index is 297. The van der Waals surface area contributed by atoms with E-state index in [1.165, 1.54) is 16.2 Å². The van der Waals surface area contributed by atoms with E-state index in [0.717, 1.165) is 6.42 Å². The van der Waals surface area contributed by atoms with Gasteiger partial charge in [-0.1, -0.05) is 18.2 Å². The monoisotopic (exact) mass is 290 g/mol. The molecule has 1 aromatic carbocycles. The molecule has 0 fully saturated rings. The molecule has 2 nitrogen and oxygen atoms in total. The molecule has 0 saturated carbocycles. The number of esters is 1. The number of ether oxygens (including phenoxy) is 1. The lowest BCUT2D eigenvalue weighted by Crippen LogP contribution is -2.02. The van der Waals surface area contributed by atoms with Crippen molar-refractivity contribution in [3.8, 4) is 0 Å². The largest absolute Gasteiger partial charge is 0.469 e. The zero-order valence-electron chi connectivity index (χ0n) is 7.42. The van der Waals surface area contributed by atoms with Gasteiger partial charge in [0.25, 0.3) is 0 Å². The van der Waals surface area contributed by atoms with Gasteiger partial charge in [-0.3, -0.25) is 4.79 Å². The highest BCUT2D eigenvalue weighted by atomic mass is 127. The van der Waals surface area contributed by atoms with Crippen LogP contribution in [0.4, 0.5) is 0 Å². The number of benzene rings is 1. The van der Waals surface area contributed by atoms with E-state index in [9.17, 15) is 4.79 Å². The molecule has 0 unspecified atom stereocenters. The van der Waals surface area contributed by atoms with Crippen LogP contribution in [0.2, 0.25) is 0 Å². The summed E-state index contributed by atoms with van der Waals surface area (Å²) in [4.78, 5) is 10.9. The molecule has 0 spiro atoms. The van der Waals surface area contributed by atoms with E-state index in [0.29, 0.717) is 6.42 Å². The Morgan fingerprint density at radius 3 is 2.77 bits per heavy atom. The summed E-state index contributed by atoms with van der Waals surface area (Å²) in [5.74, 6) is -0.153. The van der Waals surface area contributed by atoms with Crippen LogP contribution in [0.15, 0.2) is 24.3 Å². The van der Waals surface area contributed by atoms with Crippen molar-refractivity contribution < 1.29 is 9.53 Å². The van der Waals surface area contributed by atoms with Crippen LogP contribution in [0.1, 0.15) is 12.0 Å². The van der Waals surface area contributed by atoms with Gasteiger partial charge >= 0.3 is 5.97 Å². The second-order valence-electron chi connectivity index (χ2n) is 2.67. The molecule has 3 heteroatoms. The van der Waals surface area contributed by atoms with Gasteiger partial charge in [0, 0.05) is 9.99 Å². The number of carbonyl (C=O) groups excluding carboxylic acids is 1. The molecule has 70 valence electrons. The van der Waals surface area contributed by atoms with Crippen LogP contribution in [0.5, 0.6) is 0 Å². The van der Waals surface area contributed by atoms with E-state index in [2.05, 4.69) is 27.3 Å². The molecular formula is C10H11IO2. The molecule has 0 N–H and O–H groups in total. The molecule has 0 atom stereocenters. The molecule has 0 amide bonds. The lowest BCUT2D eigenvalue weighted by molar-refractivity contribution is -0.140. The van der Waals surface area contributed by atoms with Crippen LogP contribution in [0, 0.1) is 3.57 Å². The molecule has 0 radical (unpaired) electrons. The van der Waals surface area contributed by atoms with E-state index < -0.39 is 0 Å². The smallest absolute Gasteiger partial charge is 0.305 e. The number of rotatable bonds is 3. The number of hydrogen-bond acceptors (Lipinski definition) is 2. The van der Waals surface area contributed by atoms with Crippen LogP contribution in [-0.4, -0.2) is 13.1 Å². The summed E-state index contributed by atoms with van der Waals surface area (Å²) < 4.78 is 5.77. The zero-order chi connectivity index (χ0) is 9.68. The normalized spacial score (nSPS) is 9.69. The fourth-order valence-electron chi connectivity index (χ4n) is 1.04. The average molecular weight is 290 g/mol. The molecule has 0 aliphatic heterocycles. The van der Waals surface area contributed by atoms with Crippen molar-refractivity contribution in [2.24, 2.45) is 0 Å². The summed E-state index contributed by atoms with van der Waals surface area (Å²) in [6.45, 7) is 0. The molecule has 0 aliphatic rings. The molecule has 1 aromatic rings. The first-order valence-corrected chi connectivity index (χ1v) is 5.12. The van der Waals surface area contributed by atoms with Gasteiger partial charge < -0.3 is 4.74 Å². The van der Waals surface area contributed by atoms with Gasteiger partial charge in [0.1, 0.15) is 0 Å². The van der Waals surface area contributed by atoms with Gasteiger partial charge in [0.2, 0.25) is 0 Å². The lowest BCUT2D eigenvalue weighted by Gasteiger charge is -2.02. The van der Waals surface area contributed by atoms with Crippen molar-refractivity contribution in [3.63, 3.8) is 0 Å². The van der Waals surface area contributed by atoms with Crippen molar-refractivity contribution in [1.82, 2.24) is 0 Å². The van der Waals surface area contributed by atoms with Gasteiger partial charge in [-0.15, -0.1) is 0 Å². The summed E-state index contributed by atoms with van der Waals surface area (Å²) in [5.41, 5.74) is 1.20. The Morgan fingerprint density at radius 2 is 2.15 bits per heavy atom. The summed E-state index contributed by atoms with van der Waals surface area (Å²) >= 11 is 2.27. The van der Waals surface area contributed by atoms with Crippen LogP contribution in [0.3, 0.4) is 0 Å². The Morgan fingerprint density at radius 1 is 1.46 bits per heavy atom. The van der Waals surface area contributed by atoms with Gasteiger partial charge in [-0.25, -0.2) is 0 Å². The van der Waals surface area contributed by atoms with Crippen molar-refractivity contribution in [2.45, 2.75) is 12.8 Å². The van der Waals surface area contributed by atoms with E-state index >= 15 is 0 Å². The molecule has 0 saturated heterocycles. The van der Waals surface area contributed by atoms with Crippen molar-refractivity contribution >= 4 is 28.6 Å². The van der Waals surface area contributed by atoms with Gasteiger partial charge in [0.15, 0.2) is 0 Å². The standard InChI is InChI=1S/C10H11IO2/c1-13-10(12)7-6-8-4-2-3-5-9(8)11/h2-5H,6-7H2,1H3. The summed E-state index contributed by atoms with van der Waals surface area (Å²) in [5, 5.41) is 0. The summed E-state index contributed by atoms with van der Waals surface area (Å²) in [6, 6.07) is 8.04. The SMILES string of the molecule is COC(=O)CCc1ccccc1I. The maximum atomic E-state index is 10.9. The van der Waals surface area contributed by atoms with E-state index in [1.54, 1.807) is 0 Å². The molecule has 0 heterocycles. The summed E-state index contributed by atoms with van der Waals surface area (Å²) in [6.07, 6.45) is 1.21. The van der Waals surface area contributed by atoms with Gasteiger partial charge in [0.05, 0.1) is 7.11 Å². The highest BCUT2D eigenvalue weighted by molar-refractivity contribution is 14.1. The highest BCUT2D eigenvalue weighted by Crippen LogP contribution is 2.13. The minimum atomic E-state index is -0.153. The quantitative estimate of drug-likeness (QED) is 0.631. The minimum absolute atomic E-state index is 0.153. The first kappa shape index (κ1) is 10.5. The fourth-order valence-corrected chi connectivity index (χ4v) is 1.70. The third kappa shape index (κ3) is 3.34. The molecule has 1 rings (SSSR count). The highest BCUT2D eigenvalue weighted by Gasteiger charge is 2.03. The number of carbonyl (C=O) groups is 1. The molecule has 0 aliphatic carbocycles. The van der Waals surface area contributed by atoms with Crippen molar-refractivity contribution in [2.75, 3.05) is 7.11 Å². The van der Waals surface area contributed by atoms with Gasteiger partial charge in [-0.2, -0.15) is 0 Å². The number of aryl methyl sites for hydroxylation is 1. The molecular weight excluding hydrogens is 279 g/mol. The second kappa shape index (κ2) is 5.21. The number of methoxy groups -OCH3 is 1. The van der Waals surface area contributed by atoms with Crippen LogP contribution >= 0.6 is 22.6 Å². The van der Waals surface area contributed by atoms with Crippen LogP contribution < -0.4 is 0 Å². The van der Waals surface area contributed by atoms with Crippen molar-refractivity contribution in [3.05, 3.63) is 33.4 Å². The average Bonchev–Trinajstić information content (AvgIpc) is 2.16. The molecule has 0 aromatic heterocycles. The second-order valence-corrected chi connectivity index (χ2v) is 3.83. The topological polar surface area (TPSA) is 26.3 Å².